The highest BCUT2D eigenvalue weighted by Crippen LogP contribution is 2.27. The third-order valence-corrected chi connectivity index (χ3v) is 3.50. The topological polar surface area (TPSA) is 35.2 Å². The van der Waals surface area contributed by atoms with Crippen molar-refractivity contribution < 1.29 is 9.13 Å². The third kappa shape index (κ3) is 3.38. The first-order valence-corrected chi connectivity index (χ1v) is 6.41. The van der Waals surface area contributed by atoms with E-state index in [1.165, 1.54) is 6.07 Å². The molecule has 0 atom stereocenters. The van der Waals surface area contributed by atoms with Crippen molar-refractivity contribution in [3.8, 4) is 5.75 Å². The molecule has 0 aromatic heterocycles. The van der Waals surface area contributed by atoms with Gasteiger partial charge in [-0.2, -0.15) is 0 Å². The van der Waals surface area contributed by atoms with E-state index in [1.807, 2.05) is 0 Å². The van der Waals surface area contributed by atoms with Crippen molar-refractivity contribution in [3.05, 3.63) is 63.4 Å². The van der Waals surface area contributed by atoms with Gasteiger partial charge >= 0.3 is 0 Å². The Bertz CT molecular complexity index is 590. The molecule has 0 bridgehead atoms. The number of hydrogen-bond acceptors (Lipinski definition) is 2. The third-order valence-electron chi connectivity index (χ3n) is 2.65. The average Bonchev–Trinajstić information content (AvgIpc) is 2.41. The molecule has 0 heterocycles. The Morgan fingerprint density at radius 3 is 2.63 bits per heavy atom. The molecule has 0 unspecified atom stereocenters. The summed E-state index contributed by atoms with van der Waals surface area (Å²) in [5, 5.41) is 0.866. The lowest BCUT2D eigenvalue weighted by molar-refractivity contribution is 0.290. The van der Waals surface area contributed by atoms with Gasteiger partial charge in [-0.05, 0) is 23.8 Å². The molecule has 2 rings (SSSR count). The van der Waals surface area contributed by atoms with E-state index < -0.39 is 5.82 Å². The molecule has 2 aromatic rings. The minimum atomic E-state index is -0.443. The first kappa shape index (κ1) is 14.1. The molecule has 0 spiro atoms. The summed E-state index contributed by atoms with van der Waals surface area (Å²) in [7, 11) is 0. The lowest BCUT2D eigenvalue weighted by Crippen LogP contribution is -2.01. The zero-order chi connectivity index (χ0) is 13.8. The summed E-state index contributed by atoms with van der Waals surface area (Å²) < 4.78 is 19.1. The van der Waals surface area contributed by atoms with Crippen LogP contribution in [0.4, 0.5) is 4.39 Å². The standard InChI is InChI=1S/C14H12Cl2FNO/c15-11-3-1-2-10(14(11)16)8-19-13-5-4-9(7-18)6-12(13)17/h1-6H,7-8,18H2. The Labute approximate surface area is 120 Å². The second-order valence-electron chi connectivity index (χ2n) is 3.97. The molecule has 0 radical (unpaired) electrons. The summed E-state index contributed by atoms with van der Waals surface area (Å²) in [5.74, 6) is -0.283. The Hall–Kier alpha value is -1.29. The van der Waals surface area contributed by atoms with Gasteiger partial charge in [0.05, 0.1) is 10.0 Å². The van der Waals surface area contributed by atoms with Crippen LogP contribution in [-0.2, 0) is 13.2 Å². The second kappa shape index (κ2) is 6.24. The molecule has 2 nitrogen and oxygen atoms in total. The highest BCUT2D eigenvalue weighted by Gasteiger charge is 2.08. The van der Waals surface area contributed by atoms with Crippen LogP contribution in [-0.4, -0.2) is 0 Å². The molecule has 0 fully saturated rings. The Morgan fingerprint density at radius 1 is 1.16 bits per heavy atom. The summed E-state index contributed by atoms with van der Waals surface area (Å²) in [6.45, 7) is 0.440. The van der Waals surface area contributed by atoms with Gasteiger partial charge in [-0.3, -0.25) is 0 Å². The van der Waals surface area contributed by atoms with Crippen molar-refractivity contribution >= 4 is 23.2 Å². The van der Waals surface area contributed by atoms with E-state index in [4.69, 9.17) is 33.7 Å². The zero-order valence-corrected chi connectivity index (χ0v) is 11.5. The fourth-order valence-corrected chi connectivity index (χ4v) is 1.98. The summed E-state index contributed by atoms with van der Waals surface area (Å²) in [6.07, 6.45) is 0. The lowest BCUT2D eigenvalue weighted by Gasteiger charge is -2.10. The van der Waals surface area contributed by atoms with Crippen molar-refractivity contribution in [2.45, 2.75) is 13.2 Å². The van der Waals surface area contributed by atoms with Gasteiger partial charge in [0.1, 0.15) is 6.61 Å². The lowest BCUT2D eigenvalue weighted by atomic mass is 10.2. The van der Waals surface area contributed by atoms with E-state index >= 15 is 0 Å². The average molecular weight is 300 g/mol. The van der Waals surface area contributed by atoms with Crippen molar-refractivity contribution in [3.63, 3.8) is 0 Å². The largest absolute Gasteiger partial charge is 0.486 e. The maximum atomic E-state index is 13.7. The molecular weight excluding hydrogens is 288 g/mol. The molecule has 19 heavy (non-hydrogen) atoms. The molecule has 0 aliphatic rings. The van der Waals surface area contributed by atoms with Crippen LogP contribution in [0.5, 0.6) is 5.75 Å². The van der Waals surface area contributed by atoms with E-state index in [2.05, 4.69) is 0 Å². The molecule has 0 saturated heterocycles. The molecule has 2 N–H and O–H groups in total. The Morgan fingerprint density at radius 2 is 1.95 bits per heavy atom. The van der Waals surface area contributed by atoms with Gasteiger partial charge in [-0.15, -0.1) is 0 Å². The molecule has 0 aliphatic carbocycles. The highest BCUT2D eigenvalue weighted by molar-refractivity contribution is 6.42. The van der Waals surface area contributed by atoms with E-state index in [0.29, 0.717) is 21.2 Å². The van der Waals surface area contributed by atoms with Crippen LogP contribution in [0.25, 0.3) is 0 Å². The Kier molecular flexibility index (Phi) is 4.64. The van der Waals surface area contributed by atoms with Gasteiger partial charge in [0.25, 0.3) is 0 Å². The number of rotatable bonds is 4. The van der Waals surface area contributed by atoms with Gasteiger partial charge in [-0.1, -0.05) is 41.4 Å². The van der Waals surface area contributed by atoms with Gasteiger partial charge in [0.2, 0.25) is 0 Å². The molecular formula is C14H12Cl2FNO. The smallest absolute Gasteiger partial charge is 0.165 e. The van der Waals surface area contributed by atoms with E-state index in [9.17, 15) is 4.39 Å². The first-order valence-electron chi connectivity index (χ1n) is 5.66. The summed E-state index contributed by atoms with van der Waals surface area (Å²) in [6, 6.07) is 9.86. The van der Waals surface area contributed by atoms with Gasteiger partial charge in [-0.25, -0.2) is 4.39 Å². The molecule has 5 heteroatoms. The number of ether oxygens (including phenoxy) is 1. The maximum absolute atomic E-state index is 13.7. The molecule has 100 valence electrons. The van der Waals surface area contributed by atoms with Crippen LogP contribution < -0.4 is 10.5 Å². The minimum absolute atomic E-state index is 0.151. The van der Waals surface area contributed by atoms with Crippen LogP contribution in [0.2, 0.25) is 10.0 Å². The highest BCUT2D eigenvalue weighted by atomic mass is 35.5. The molecule has 2 aromatic carbocycles. The van der Waals surface area contributed by atoms with Gasteiger partial charge in [0.15, 0.2) is 11.6 Å². The summed E-state index contributed by atoms with van der Waals surface area (Å²) in [4.78, 5) is 0. The number of halogens is 3. The van der Waals surface area contributed by atoms with Crippen molar-refractivity contribution in [2.75, 3.05) is 0 Å². The van der Waals surface area contributed by atoms with Crippen molar-refractivity contribution in [2.24, 2.45) is 5.73 Å². The fourth-order valence-electron chi connectivity index (χ4n) is 1.60. The van der Waals surface area contributed by atoms with Crippen LogP contribution >= 0.6 is 23.2 Å². The Balaban J connectivity index is 2.12. The molecule has 0 aliphatic heterocycles. The monoisotopic (exact) mass is 299 g/mol. The second-order valence-corrected chi connectivity index (χ2v) is 4.76. The van der Waals surface area contributed by atoms with Gasteiger partial charge in [0, 0.05) is 12.1 Å². The summed E-state index contributed by atoms with van der Waals surface area (Å²) in [5.41, 5.74) is 6.85. The maximum Gasteiger partial charge on any atom is 0.165 e. The van der Waals surface area contributed by atoms with Crippen LogP contribution in [0.3, 0.4) is 0 Å². The van der Waals surface area contributed by atoms with Crippen molar-refractivity contribution in [1.29, 1.82) is 0 Å². The quantitative estimate of drug-likeness (QED) is 0.919. The summed E-state index contributed by atoms with van der Waals surface area (Å²) >= 11 is 11.9. The van der Waals surface area contributed by atoms with Crippen molar-refractivity contribution in [1.82, 2.24) is 0 Å². The first-order chi connectivity index (χ1) is 9.11. The predicted molar refractivity (Wildman–Crippen MR) is 75.1 cm³/mol. The van der Waals surface area contributed by atoms with Crippen LogP contribution in [0.15, 0.2) is 36.4 Å². The van der Waals surface area contributed by atoms with Crippen LogP contribution in [0.1, 0.15) is 11.1 Å². The van der Waals surface area contributed by atoms with E-state index in [-0.39, 0.29) is 18.9 Å². The SMILES string of the molecule is NCc1ccc(OCc2cccc(Cl)c2Cl)c(F)c1. The normalized spacial score (nSPS) is 10.5. The predicted octanol–water partition coefficient (Wildman–Crippen LogP) is 4.17. The number of benzene rings is 2. The zero-order valence-electron chi connectivity index (χ0n) is 10.00. The fraction of sp³-hybridized carbons (Fsp3) is 0.143. The molecule has 0 amide bonds. The van der Waals surface area contributed by atoms with E-state index in [1.54, 1.807) is 30.3 Å². The molecule has 0 saturated carbocycles. The van der Waals surface area contributed by atoms with Gasteiger partial charge < -0.3 is 10.5 Å². The van der Waals surface area contributed by atoms with Crippen LogP contribution in [0, 0.1) is 5.82 Å². The number of nitrogens with two attached hydrogens (primary N) is 1. The minimum Gasteiger partial charge on any atom is -0.486 e. The number of hydrogen-bond donors (Lipinski definition) is 1. The van der Waals surface area contributed by atoms with E-state index in [0.717, 1.165) is 0 Å².